The molecule has 0 aliphatic heterocycles. The third kappa shape index (κ3) is 3.43. The summed E-state index contributed by atoms with van der Waals surface area (Å²) in [5.41, 5.74) is 0.369. The molecule has 16 heavy (non-hydrogen) atoms. The Morgan fingerprint density at radius 3 is 2.88 bits per heavy atom. The van der Waals surface area contributed by atoms with Gasteiger partial charge in [0.1, 0.15) is 0 Å². The maximum atomic E-state index is 11.1. The first-order valence-corrected chi connectivity index (χ1v) is 5.32. The predicted octanol–water partition coefficient (Wildman–Crippen LogP) is 2.46. The van der Waals surface area contributed by atoms with Crippen LogP contribution in [0.25, 0.3) is 0 Å². The van der Waals surface area contributed by atoms with Crippen LogP contribution in [0.5, 0.6) is 5.06 Å². The average molecular weight is 245 g/mol. The molecule has 88 valence electrons. The predicted molar refractivity (Wildman–Crippen MR) is 58.0 cm³/mol. The van der Waals surface area contributed by atoms with Gasteiger partial charge in [0, 0.05) is 0 Å². The molecule has 1 amide bonds. The minimum absolute atomic E-state index is 0.250. The Labute approximate surface area is 96.1 Å². The van der Waals surface area contributed by atoms with Crippen molar-refractivity contribution in [2.45, 2.75) is 6.92 Å². The molecule has 7 heteroatoms. The van der Waals surface area contributed by atoms with E-state index in [1.54, 1.807) is 18.4 Å². The van der Waals surface area contributed by atoms with Gasteiger partial charge in [0.15, 0.2) is 0 Å². The van der Waals surface area contributed by atoms with Crippen molar-refractivity contribution in [3.63, 3.8) is 0 Å². The summed E-state index contributed by atoms with van der Waals surface area (Å²) in [5.74, 6) is 0. The maximum Gasteiger partial charge on any atom is 0.514 e. The van der Waals surface area contributed by atoms with E-state index in [4.69, 9.17) is 4.74 Å². The molecule has 0 saturated heterocycles. The van der Waals surface area contributed by atoms with Crippen LogP contribution in [-0.4, -0.2) is 26.0 Å². The van der Waals surface area contributed by atoms with Gasteiger partial charge < -0.3 is 14.2 Å². The van der Waals surface area contributed by atoms with E-state index in [9.17, 15) is 9.59 Å². The Morgan fingerprint density at radius 2 is 2.25 bits per heavy atom. The number of hydrogen-bond acceptors (Lipinski definition) is 6. The molecule has 0 aliphatic carbocycles. The van der Waals surface area contributed by atoms with Crippen molar-refractivity contribution < 1.29 is 23.8 Å². The molecule has 1 aromatic rings. The molecule has 1 aromatic heterocycles. The zero-order valence-electron chi connectivity index (χ0n) is 8.81. The van der Waals surface area contributed by atoms with E-state index in [2.05, 4.69) is 14.8 Å². The summed E-state index contributed by atoms with van der Waals surface area (Å²) < 4.78 is 13.8. The van der Waals surface area contributed by atoms with E-state index in [0.29, 0.717) is 5.69 Å². The Bertz CT molecular complexity index is 376. The SMILES string of the molecule is CCOC(=O)Nc1ccsc1OC(=O)OC. The third-order valence-corrected chi connectivity index (χ3v) is 2.27. The third-order valence-electron chi connectivity index (χ3n) is 1.48. The number of anilines is 1. The van der Waals surface area contributed by atoms with E-state index >= 15 is 0 Å². The van der Waals surface area contributed by atoms with Crippen LogP contribution in [0.1, 0.15) is 6.92 Å². The van der Waals surface area contributed by atoms with Gasteiger partial charge in [-0.05, 0) is 18.4 Å². The first-order valence-electron chi connectivity index (χ1n) is 4.44. The average Bonchev–Trinajstić information content (AvgIpc) is 2.66. The molecule has 1 N–H and O–H groups in total. The van der Waals surface area contributed by atoms with E-state index < -0.39 is 12.2 Å². The van der Waals surface area contributed by atoms with Gasteiger partial charge in [0.25, 0.3) is 0 Å². The Morgan fingerprint density at radius 1 is 1.50 bits per heavy atom. The van der Waals surface area contributed by atoms with E-state index in [0.717, 1.165) is 11.3 Å². The highest BCUT2D eigenvalue weighted by Gasteiger charge is 2.13. The number of carbonyl (C=O) groups is 2. The van der Waals surface area contributed by atoms with Crippen molar-refractivity contribution >= 4 is 29.3 Å². The number of thiophene rings is 1. The molecule has 0 radical (unpaired) electrons. The van der Waals surface area contributed by atoms with Crippen molar-refractivity contribution in [2.75, 3.05) is 19.0 Å². The lowest BCUT2D eigenvalue weighted by molar-refractivity contribution is 0.123. The van der Waals surface area contributed by atoms with Gasteiger partial charge in [-0.2, -0.15) is 0 Å². The van der Waals surface area contributed by atoms with Crippen LogP contribution in [-0.2, 0) is 9.47 Å². The highest BCUT2D eigenvalue weighted by Crippen LogP contribution is 2.31. The number of rotatable bonds is 3. The van der Waals surface area contributed by atoms with Gasteiger partial charge in [-0.15, -0.1) is 11.3 Å². The van der Waals surface area contributed by atoms with Crippen LogP contribution in [0.3, 0.4) is 0 Å². The van der Waals surface area contributed by atoms with Crippen molar-refractivity contribution in [3.05, 3.63) is 11.4 Å². The second-order valence-electron chi connectivity index (χ2n) is 2.52. The van der Waals surface area contributed by atoms with Gasteiger partial charge in [-0.3, -0.25) is 5.32 Å². The summed E-state index contributed by atoms with van der Waals surface area (Å²) in [5, 5.41) is 4.35. The summed E-state index contributed by atoms with van der Waals surface area (Å²) in [6, 6.07) is 1.60. The molecule has 6 nitrogen and oxygen atoms in total. The van der Waals surface area contributed by atoms with Crippen molar-refractivity contribution in [3.8, 4) is 5.06 Å². The molecule has 0 aromatic carbocycles. The lowest BCUT2D eigenvalue weighted by atomic mass is 10.5. The molecule has 0 saturated carbocycles. The van der Waals surface area contributed by atoms with Crippen LogP contribution in [0, 0.1) is 0 Å². The van der Waals surface area contributed by atoms with Crippen LogP contribution in [0.4, 0.5) is 15.3 Å². The molecule has 0 spiro atoms. The van der Waals surface area contributed by atoms with Crippen LogP contribution in [0.15, 0.2) is 11.4 Å². The number of ether oxygens (including phenoxy) is 3. The fraction of sp³-hybridized carbons (Fsp3) is 0.333. The van der Waals surface area contributed by atoms with Crippen LogP contribution < -0.4 is 10.1 Å². The summed E-state index contributed by atoms with van der Waals surface area (Å²) in [7, 11) is 1.20. The Hall–Kier alpha value is -1.76. The van der Waals surface area contributed by atoms with Crippen molar-refractivity contribution in [1.29, 1.82) is 0 Å². The minimum atomic E-state index is -0.839. The Balaban J connectivity index is 2.63. The topological polar surface area (TPSA) is 73.9 Å². The molecule has 0 fully saturated rings. The standard InChI is InChI=1S/C9H11NO5S/c1-3-14-8(11)10-6-4-5-16-7(6)15-9(12)13-2/h4-5H,3H2,1-2H3,(H,10,11). The normalized spacial score (nSPS) is 9.38. The van der Waals surface area contributed by atoms with Gasteiger partial charge >= 0.3 is 12.2 Å². The number of methoxy groups -OCH3 is 1. The molecule has 1 rings (SSSR count). The second-order valence-corrected chi connectivity index (χ2v) is 3.40. The summed E-state index contributed by atoms with van der Waals surface area (Å²) >= 11 is 1.16. The summed E-state index contributed by atoms with van der Waals surface area (Å²) in [6.45, 7) is 1.96. The van der Waals surface area contributed by atoms with Crippen LogP contribution in [0.2, 0.25) is 0 Å². The Kier molecular flexibility index (Phi) is 4.59. The molecule has 0 aliphatic rings. The minimum Gasteiger partial charge on any atom is -0.450 e. The molecular weight excluding hydrogens is 234 g/mol. The number of amides is 1. The largest absolute Gasteiger partial charge is 0.514 e. The smallest absolute Gasteiger partial charge is 0.450 e. The molecule has 0 unspecified atom stereocenters. The molecular formula is C9H11NO5S. The monoisotopic (exact) mass is 245 g/mol. The molecule has 0 atom stereocenters. The number of carbonyl (C=O) groups excluding carboxylic acids is 2. The van der Waals surface area contributed by atoms with Crippen LogP contribution >= 0.6 is 11.3 Å². The maximum absolute atomic E-state index is 11.1. The van der Waals surface area contributed by atoms with Gasteiger partial charge in [0.2, 0.25) is 5.06 Å². The molecule has 0 bridgehead atoms. The highest BCUT2D eigenvalue weighted by atomic mass is 32.1. The van der Waals surface area contributed by atoms with E-state index in [1.165, 1.54) is 7.11 Å². The van der Waals surface area contributed by atoms with Gasteiger partial charge in [0.05, 0.1) is 19.4 Å². The quantitative estimate of drug-likeness (QED) is 0.828. The molecule has 1 heterocycles. The van der Waals surface area contributed by atoms with E-state index in [-0.39, 0.29) is 11.7 Å². The second kappa shape index (κ2) is 5.96. The summed E-state index contributed by atoms with van der Waals surface area (Å²) in [6.07, 6.45) is -1.44. The lowest BCUT2D eigenvalue weighted by Crippen LogP contribution is -2.14. The van der Waals surface area contributed by atoms with Gasteiger partial charge in [-0.1, -0.05) is 0 Å². The van der Waals surface area contributed by atoms with Crippen molar-refractivity contribution in [2.24, 2.45) is 0 Å². The first-order chi connectivity index (χ1) is 7.67. The fourth-order valence-corrected chi connectivity index (χ4v) is 1.55. The van der Waals surface area contributed by atoms with Gasteiger partial charge in [-0.25, -0.2) is 9.59 Å². The van der Waals surface area contributed by atoms with Crippen molar-refractivity contribution in [1.82, 2.24) is 0 Å². The number of hydrogen-bond donors (Lipinski definition) is 1. The lowest BCUT2D eigenvalue weighted by Gasteiger charge is -2.05. The highest BCUT2D eigenvalue weighted by molar-refractivity contribution is 7.12. The zero-order valence-corrected chi connectivity index (χ0v) is 9.63. The first kappa shape index (κ1) is 12.3. The fourth-order valence-electron chi connectivity index (χ4n) is 0.862. The number of nitrogens with one attached hydrogen (secondary N) is 1. The van der Waals surface area contributed by atoms with E-state index in [1.807, 2.05) is 0 Å². The summed E-state index contributed by atoms with van der Waals surface area (Å²) in [4.78, 5) is 22.0. The zero-order chi connectivity index (χ0) is 12.0.